The van der Waals surface area contributed by atoms with Gasteiger partial charge in [-0.25, -0.2) is 4.39 Å². The van der Waals surface area contributed by atoms with E-state index in [1.165, 1.54) is 0 Å². The van der Waals surface area contributed by atoms with Crippen molar-refractivity contribution in [3.8, 4) is 0 Å². The number of alkyl halides is 4. The Hall–Kier alpha value is -0.800. The molecular formula is C3F6O3S. The van der Waals surface area contributed by atoms with Gasteiger partial charge in [-0.15, -0.1) is 3.89 Å². The Labute approximate surface area is 67.5 Å². The third-order valence-corrected chi connectivity index (χ3v) is 2.02. The van der Waals surface area contributed by atoms with Gasteiger partial charge in [-0.3, -0.25) is 4.79 Å². The first-order valence-electron chi connectivity index (χ1n) is 2.34. The fourth-order valence-corrected chi connectivity index (χ4v) is 0.814. The highest BCUT2D eigenvalue weighted by Crippen LogP contribution is 2.40. The lowest BCUT2D eigenvalue weighted by Gasteiger charge is -2.17. The van der Waals surface area contributed by atoms with E-state index < -0.39 is 27.4 Å². The normalized spacial score (nSPS) is 18.0. The molecular weight excluding hydrogens is 230 g/mol. The van der Waals surface area contributed by atoms with Crippen LogP contribution in [0.3, 0.4) is 0 Å². The van der Waals surface area contributed by atoms with Gasteiger partial charge >= 0.3 is 27.4 Å². The average molecular weight is 230 g/mol. The van der Waals surface area contributed by atoms with Crippen LogP contribution in [0.5, 0.6) is 0 Å². The fourth-order valence-electron chi connectivity index (χ4n) is 0.346. The molecule has 0 aliphatic rings. The van der Waals surface area contributed by atoms with Gasteiger partial charge in [0.2, 0.25) is 0 Å². The second-order valence-corrected chi connectivity index (χ2v) is 3.24. The SMILES string of the molecule is O=C(F)C(F)(C(F)(F)F)S(=O)(=O)F. The molecule has 0 fully saturated rings. The van der Waals surface area contributed by atoms with Gasteiger partial charge in [0.1, 0.15) is 0 Å². The summed E-state index contributed by atoms with van der Waals surface area (Å²) < 4.78 is 88.3. The van der Waals surface area contributed by atoms with E-state index in [1.54, 1.807) is 0 Å². The van der Waals surface area contributed by atoms with Crippen molar-refractivity contribution in [2.45, 2.75) is 11.2 Å². The maximum atomic E-state index is 12.1. The molecule has 0 saturated carbocycles. The van der Waals surface area contributed by atoms with Crippen LogP contribution in [0.15, 0.2) is 0 Å². The summed E-state index contributed by atoms with van der Waals surface area (Å²) in [5.74, 6) is 0. The molecule has 0 heterocycles. The molecule has 0 aliphatic carbocycles. The van der Waals surface area contributed by atoms with E-state index in [1.807, 2.05) is 0 Å². The molecule has 1 unspecified atom stereocenters. The summed E-state index contributed by atoms with van der Waals surface area (Å²) in [7, 11) is -7.04. The zero-order valence-electron chi connectivity index (χ0n) is 5.40. The minimum Gasteiger partial charge on any atom is -0.256 e. The van der Waals surface area contributed by atoms with Gasteiger partial charge in [0, 0.05) is 0 Å². The summed E-state index contributed by atoms with van der Waals surface area (Å²) in [6.45, 7) is 0. The van der Waals surface area contributed by atoms with Gasteiger partial charge in [0.05, 0.1) is 0 Å². The maximum Gasteiger partial charge on any atom is 0.450 e. The number of halogens is 6. The van der Waals surface area contributed by atoms with E-state index in [4.69, 9.17) is 0 Å². The van der Waals surface area contributed by atoms with Crippen molar-refractivity contribution in [2.75, 3.05) is 0 Å². The summed E-state index contributed by atoms with van der Waals surface area (Å²) in [5.41, 5.74) is 0. The second kappa shape index (κ2) is 2.86. The molecule has 10 heteroatoms. The number of carbonyl (C=O) groups excluding carboxylic acids is 1. The van der Waals surface area contributed by atoms with Gasteiger partial charge in [-0.2, -0.15) is 26.0 Å². The van der Waals surface area contributed by atoms with Crippen molar-refractivity contribution < 1.29 is 39.1 Å². The Kier molecular flexibility index (Phi) is 2.68. The highest BCUT2D eigenvalue weighted by Gasteiger charge is 2.73. The van der Waals surface area contributed by atoms with E-state index >= 15 is 0 Å². The second-order valence-electron chi connectivity index (χ2n) is 1.80. The standard InChI is InChI=1S/C3F6O3S/c4-1(10)2(5,3(6,7)8)13(9,11)12. The van der Waals surface area contributed by atoms with E-state index in [0.29, 0.717) is 0 Å². The molecule has 0 spiro atoms. The van der Waals surface area contributed by atoms with Gasteiger partial charge in [-0.1, -0.05) is 0 Å². The van der Waals surface area contributed by atoms with Gasteiger partial charge < -0.3 is 0 Å². The molecule has 78 valence electrons. The predicted octanol–water partition coefficient (Wildman–Crippen LogP) is 1.01. The Balaban J connectivity index is 5.64. The van der Waals surface area contributed by atoms with Crippen molar-refractivity contribution in [2.24, 2.45) is 0 Å². The number of hydrogen-bond acceptors (Lipinski definition) is 3. The number of rotatable bonds is 2. The molecule has 0 bridgehead atoms. The van der Waals surface area contributed by atoms with Gasteiger partial charge in [0.15, 0.2) is 0 Å². The van der Waals surface area contributed by atoms with E-state index in [9.17, 15) is 39.1 Å². The van der Waals surface area contributed by atoms with Crippen LogP contribution in [0.1, 0.15) is 0 Å². The molecule has 0 amide bonds. The van der Waals surface area contributed by atoms with E-state index in [2.05, 4.69) is 0 Å². The lowest BCUT2D eigenvalue weighted by molar-refractivity contribution is -0.206. The molecule has 1 atom stereocenters. The topological polar surface area (TPSA) is 51.2 Å². The predicted molar refractivity (Wildman–Crippen MR) is 26.0 cm³/mol. The first-order valence-corrected chi connectivity index (χ1v) is 3.72. The lowest BCUT2D eigenvalue weighted by Crippen LogP contribution is -2.51. The molecule has 0 saturated heterocycles. The highest BCUT2D eigenvalue weighted by atomic mass is 32.3. The Bertz CT molecular complexity index is 317. The van der Waals surface area contributed by atoms with Crippen LogP contribution in [0.25, 0.3) is 0 Å². The van der Waals surface area contributed by atoms with Crippen molar-refractivity contribution >= 4 is 16.3 Å². The molecule has 0 rings (SSSR count). The van der Waals surface area contributed by atoms with Gasteiger partial charge in [-0.05, 0) is 0 Å². The summed E-state index contributed by atoms with van der Waals surface area (Å²) in [4.78, 5) is 9.38. The summed E-state index contributed by atoms with van der Waals surface area (Å²) >= 11 is 0. The third-order valence-electron chi connectivity index (χ3n) is 0.953. The minimum atomic E-state index is -7.04. The summed E-state index contributed by atoms with van der Waals surface area (Å²) in [5, 5.41) is -6.12. The zero-order valence-corrected chi connectivity index (χ0v) is 6.22. The van der Waals surface area contributed by atoms with Crippen molar-refractivity contribution in [1.29, 1.82) is 0 Å². The summed E-state index contributed by atoms with van der Waals surface area (Å²) in [6.07, 6.45) is -6.49. The molecule has 0 aliphatic heterocycles. The van der Waals surface area contributed by atoms with Crippen LogP contribution in [-0.4, -0.2) is 25.6 Å². The zero-order chi connectivity index (χ0) is 11.1. The first-order chi connectivity index (χ1) is 5.44. The Morgan fingerprint density at radius 2 is 1.38 bits per heavy atom. The van der Waals surface area contributed by atoms with Crippen molar-refractivity contribution in [1.82, 2.24) is 0 Å². The van der Waals surface area contributed by atoms with Crippen LogP contribution in [0.4, 0.5) is 25.8 Å². The van der Waals surface area contributed by atoms with Crippen LogP contribution >= 0.6 is 0 Å². The average Bonchev–Trinajstić information content (AvgIpc) is 1.80. The molecule has 0 aromatic rings. The first kappa shape index (κ1) is 12.2. The van der Waals surface area contributed by atoms with Crippen LogP contribution in [-0.2, 0) is 15.0 Å². The van der Waals surface area contributed by atoms with Crippen molar-refractivity contribution in [3.63, 3.8) is 0 Å². The van der Waals surface area contributed by atoms with E-state index in [-0.39, 0.29) is 0 Å². The Morgan fingerprint density at radius 1 is 1.08 bits per heavy atom. The van der Waals surface area contributed by atoms with Crippen LogP contribution in [0, 0.1) is 0 Å². The molecule has 3 nitrogen and oxygen atoms in total. The molecule has 0 aromatic heterocycles. The van der Waals surface area contributed by atoms with Crippen LogP contribution in [0.2, 0.25) is 0 Å². The molecule has 0 N–H and O–H groups in total. The van der Waals surface area contributed by atoms with Gasteiger partial charge in [0.25, 0.3) is 0 Å². The lowest BCUT2D eigenvalue weighted by atomic mass is 10.4. The molecule has 0 radical (unpaired) electrons. The quantitative estimate of drug-likeness (QED) is 0.525. The molecule has 0 aromatic carbocycles. The largest absolute Gasteiger partial charge is 0.450 e. The molecule has 13 heavy (non-hydrogen) atoms. The Morgan fingerprint density at radius 3 is 1.38 bits per heavy atom. The fraction of sp³-hybridized carbons (Fsp3) is 0.667. The van der Waals surface area contributed by atoms with Crippen molar-refractivity contribution in [3.05, 3.63) is 0 Å². The number of hydrogen-bond donors (Lipinski definition) is 0. The smallest absolute Gasteiger partial charge is 0.256 e. The monoisotopic (exact) mass is 230 g/mol. The maximum absolute atomic E-state index is 12.1. The van der Waals surface area contributed by atoms with Crippen LogP contribution < -0.4 is 0 Å². The van der Waals surface area contributed by atoms with E-state index in [0.717, 1.165) is 0 Å². The summed E-state index contributed by atoms with van der Waals surface area (Å²) in [6, 6.07) is -3.97. The number of carbonyl (C=O) groups is 1. The third kappa shape index (κ3) is 1.76. The highest BCUT2D eigenvalue weighted by molar-refractivity contribution is 7.88. The minimum absolute atomic E-state index is 3.97.